The van der Waals surface area contributed by atoms with Crippen LogP contribution in [0.1, 0.15) is 30.0 Å². The van der Waals surface area contributed by atoms with Gasteiger partial charge in [-0.05, 0) is 55.8 Å². The lowest BCUT2D eigenvalue weighted by Gasteiger charge is -2.29. The van der Waals surface area contributed by atoms with E-state index in [1.54, 1.807) is 7.11 Å². The number of aromatic nitrogens is 3. The molecule has 1 atom stereocenters. The summed E-state index contributed by atoms with van der Waals surface area (Å²) in [5.41, 5.74) is -0.195. The number of hydrogen-bond acceptors (Lipinski definition) is 6. The van der Waals surface area contributed by atoms with Crippen molar-refractivity contribution in [2.75, 3.05) is 32.1 Å². The van der Waals surface area contributed by atoms with Crippen molar-refractivity contribution in [3.63, 3.8) is 0 Å². The quantitative estimate of drug-likeness (QED) is 0.520. The van der Waals surface area contributed by atoms with Crippen LogP contribution in [-0.2, 0) is 6.18 Å². The predicted molar refractivity (Wildman–Crippen MR) is 123 cm³/mol. The molecule has 0 amide bonds. The molecule has 2 aromatic heterocycles. The van der Waals surface area contributed by atoms with Gasteiger partial charge in [-0.15, -0.1) is 0 Å². The molecule has 3 heterocycles. The van der Waals surface area contributed by atoms with Gasteiger partial charge in [-0.3, -0.25) is 9.69 Å². The SMILES string of the molecule is COc1cccc([C@@H](CNc2cnn(-c3ccc(C(F)(F)F)cn3)c(=O)c2Cl)N2CCCC2)c1. The molecule has 1 N–H and O–H groups in total. The molecule has 0 saturated carbocycles. The third-order valence-electron chi connectivity index (χ3n) is 5.76. The fourth-order valence-electron chi connectivity index (χ4n) is 3.96. The summed E-state index contributed by atoms with van der Waals surface area (Å²) < 4.78 is 44.6. The molecule has 0 spiro atoms. The standard InChI is InChI=1S/C23H23ClF3N5O2/c1-34-17-6-4-5-15(11-17)19(31-9-2-3-10-31)14-28-18-13-30-32(22(33)21(18)24)20-8-7-16(12-29-20)23(25,26)27/h4-8,11-13,19,28H,2-3,9-10,14H2,1H3/t19-/m1/s1. The van der Waals surface area contributed by atoms with Gasteiger partial charge in [-0.1, -0.05) is 23.7 Å². The third kappa shape index (κ3) is 5.18. The smallest absolute Gasteiger partial charge is 0.417 e. The predicted octanol–water partition coefficient (Wildman–Crippen LogP) is 4.56. The maximum absolute atomic E-state index is 12.8. The zero-order valence-electron chi connectivity index (χ0n) is 18.3. The number of pyridine rings is 1. The van der Waals surface area contributed by atoms with Gasteiger partial charge in [0.2, 0.25) is 0 Å². The Labute approximate surface area is 199 Å². The molecule has 0 bridgehead atoms. The second kappa shape index (κ2) is 10.0. The minimum atomic E-state index is -4.52. The molecule has 180 valence electrons. The first-order chi connectivity index (χ1) is 16.3. The van der Waals surface area contributed by atoms with Crippen LogP contribution in [0.3, 0.4) is 0 Å². The van der Waals surface area contributed by atoms with E-state index >= 15 is 0 Å². The van der Waals surface area contributed by atoms with Crippen LogP contribution in [0.4, 0.5) is 18.9 Å². The molecule has 1 saturated heterocycles. The van der Waals surface area contributed by atoms with Crippen LogP contribution in [0.2, 0.25) is 5.02 Å². The Bertz CT molecular complexity index is 1190. The van der Waals surface area contributed by atoms with Gasteiger partial charge in [0.1, 0.15) is 10.8 Å². The van der Waals surface area contributed by atoms with Crippen molar-refractivity contribution in [2.45, 2.75) is 25.1 Å². The normalized spacial score (nSPS) is 15.3. The molecule has 34 heavy (non-hydrogen) atoms. The summed E-state index contributed by atoms with van der Waals surface area (Å²) in [7, 11) is 1.62. The van der Waals surface area contributed by atoms with Gasteiger partial charge in [0.25, 0.3) is 5.56 Å². The minimum absolute atomic E-state index is 0.0210. The van der Waals surface area contributed by atoms with Crippen molar-refractivity contribution in [3.05, 3.63) is 75.3 Å². The van der Waals surface area contributed by atoms with Crippen molar-refractivity contribution < 1.29 is 17.9 Å². The number of methoxy groups -OCH3 is 1. The summed E-state index contributed by atoms with van der Waals surface area (Å²) in [6, 6.07) is 9.77. The minimum Gasteiger partial charge on any atom is -0.497 e. The highest BCUT2D eigenvalue weighted by Crippen LogP contribution is 2.30. The fraction of sp³-hybridized carbons (Fsp3) is 0.348. The van der Waals surface area contributed by atoms with Crippen molar-refractivity contribution in [2.24, 2.45) is 0 Å². The molecule has 3 aromatic rings. The van der Waals surface area contributed by atoms with Crippen LogP contribution >= 0.6 is 11.6 Å². The maximum Gasteiger partial charge on any atom is 0.417 e. The first-order valence-electron chi connectivity index (χ1n) is 10.7. The molecule has 4 rings (SSSR count). The van der Waals surface area contributed by atoms with Crippen molar-refractivity contribution in [1.29, 1.82) is 0 Å². The van der Waals surface area contributed by atoms with Gasteiger partial charge in [0.15, 0.2) is 5.82 Å². The number of nitrogens with one attached hydrogen (secondary N) is 1. The molecule has 7 nitrogen and oxygen atoms in total. The molecule has 1 aliphatic heterocycles. The van der Waals surface area contributed by atoms with Gasteiger partial charge in [0, 0.05) is 12.7 Å². The molecule has 11 heteroatoms. The van der Waals surface area contributed by atoms with Crippen molar-refractivity contribution >= 4 is 17.3 Å². The summed E-state index contributed by atoms with van der Waals surface area (Å²) in [6.07, 6.45) is -0.282. The van der Waals surface area contributed by atoms with Crippen LogP contribution in [-0.4, -0.2) is 46.4 Å². The molecule has 0 unspecified atom stereocenters. The maximum atomic E-state index is 12.8. The second-order valence-electron chi connectivity index (χ2n) is 7.91. The summed E-state index contributed by atoms with van der Waals surface area (Å²) in [4.78, 5) is 18.8. The lowest BCUT2D eigenvalue weighted by Crippen LogP contribution is -2.31. The van der Waals surface area contributed by atoms with E-state index in [0.717, 1.165) is 54.1 Å². The van der Waals surface area contributed by atoms with Crippen molar-refractivity contribution in [1.82, 2.24) is 19.7 Å². The zero-order chi connectivity index (χ0) is 24.3. The first-order valence-corrected chi connectivity index (χ1v) is 11.1. The number of benzene rings is 1. The van der Waals surface area contributed by atoms with E-state index in [1.165, 1.54) is 6.20 Å². The Morgan fingerprint density at radius 3 is 2.59 bits per heavy atom. The Hall–Kier alpha value is -3.11. The average molecular weight is 494 g/mol. The van der Waals surface area contributed by atoms with Crippen LogP contribution in [0.25, 0.3) is 5.82 Å². The highest BCUT2D eigenvalue weighted by Gasteiger charge is 2.31. The van der Waals surface area contributed by atoms with Gasteiger partial charge in [-0.25, -0.2) is 4.98 Å². The number of alkyl halides is 3. The average Bonchev–Trinajstić information content (AvgIpc) is 3.36. The van der Waals surface area contributed by atoms with Crippen LogP contribution in [0.5, 0.6) is 5.75 Å². The number of hydrogen-bond donors (Lipinski definition) is 1. The van der Waals surface area contributed by atoms with Crippen LogP contribution in [0, 0.1) is 0 Å². The van der Waals surface area contributed by atoms with Crippen LogP contribution in [0.15, 0.2) is 53.6 Å². The number of anilines is 1. The summed E-state index contributed by atoms with van der Waals surface area (Å²) in [5, 5.41) is 7.15. The topological polar surface area (TPSA) is 72.3 Å². The third-order valence-corrected chi connectivity index (χ3v) is 6.12. The van der Waals surface area contributed by atoms with Gasteiger partial charge in [-0.2, -0.15) is 23.0 Å². The number of likely N-dealkylation sites (tertiary alicyclic amines) is 1. The summed E-state index contributed by atoms with van der Waals surface area (Å²) in [6.45, 7) is 2.38. The largest absolute Gasteiger partial charge is 0.497 e. The molecule has 0 aliphatic carbocycles. The lowest BCUT2D eigenvalue weighted by atomic mass is 10.0. The Morgan fingerprint density at radius 1 is 1.18 bits per heavy atom. The molecule has 1 aliphatic rings. The van der Waals surface area contributed by atoms with E-state index in [4.69, 9.17) is 16.3 Å². The van der Waals surface area contributed by atoms with E-state index in [2.05, 4.69) is 20.3 Å². The molecule has 1 fully saturated rings. The first kappa shape index (κ1) is 24.0. The number of nitrogens with zero attached hydrogens (tertiary/aromatic N) is 4. The Balaban J connectivity index is 1.56. The number of halogens is 4. The zero-order valence-corrected chi connectivity index (χ0v) is 19.1. The van der Waals surface area contributed by atoms with Gasteiger partial charge >= 0.3 is 6.18 Å². The number of rotatable bonds is 7. The summed E-state index contributed by atoms with van der Waals surface area (Å²) >= 11 is 6.31. The van der Waals surface area contributed by atoms with Crippen molar-refractivity contribution in [3.8, 4) is 11.6 Å². The monoisotopic (exact) mass is 493 g/mol. The molecular formula is C23H23ClF3N5O2. The summed E-state index contributed by atoms with van der Waals surface area (Å²) in [5.74, 6) is 0.700. The lowest BCUT2D eigenvalue weighted by molar-refractivity contribution is -0.137. The molecule has 1 aromatic carbocycles. The van der Waals surface area contributed by atoms with E-state index in [1.807, 2.05) is 24.3 Å². The van der Waals surface area contributed by atoms with E-state index in [0.29, 0.717) is 18.4 Å². The van der Waals surface area contributed by atoms with E-state index in [-0.39, 0.29) is 16.9 Å². The highest BCUT2D eigenvalue weighted by atomic mass is 35.5. The second-order valence-corrected chi connectivity index (χ2v) is 8.29. The van der Waals surface area contributed by atoms with Gasteiger partial charge in [0.05, 0.1) is 30.6 Å². The van der Waals surface area contributed by atoms with Crippen LogP contribution < -0.4 is 15.6 Å². The Morgan fingerprint density at radius 2 is 1.94 bits per heavy atom. The van der Waals surface area contributed by atoms with Gasteiger partial charge < -0.3 is 10.1 Å². The fourth-order valence-corrected chi connectivity index (χ4v) is 4.16. The molecular weight excluding hydrogens is 471 g/mol. The molecule has 0 radical (unpaired) electrons. The van der Waals surface area contributed by atoms with E-state index in [9.17, 15) is 18.0 Å². The Kier molecular flexibility index (Phi) is 7.08. The number of ether oxygens (including phenoxy) is 1. The highest BCUT2D eigenvalue weighted by molar-refractivity contribution is 6.32. The van der Waals surface area contributed by atoms with E-state index < -0.39 is 17.3 Å².